The van der Waals surface area contributed by atoms with Crippen LogP contribution in [-0.4, -0.2) is 40.1 Å². The first kappa shape index (κ1) is 14.5. The molecule has 102 valence electrons. The average Bonchev–Trinajstić information content (AvgIpc) is 2.21. The van der Waals surface area contributed by atoms with Gasteiger partial charge >= 0.3 is 0 Å². The van der Waals surface area contributed by atoms with Crippen LogP contribution >= 0.6 is 0 Å². The molecule has 0 aliphatic carbocycles. The van der Waals surface area contributed by atoms with Crippen molar-refractivity contribution >= 4 is 11.8 Å². The van der Waals surface area contributed by atoms with Gasteiger partial charge in [0.25, 0.3) is 0 Å². The molecule has 0 aromatic carbocycles. The molecule has 18 heavy (non-hydrogen) atoms. The molecule has 1 aromatic rings. The molecule has 6 heteroatoms. The summed E-state index contributed by atoms with van der Waals surface area (Å²) in [5.74, 6) is 0.879. The Morgan fingerprint density at radius 3 is 2.28 bits per heavy atom. The Bertz CT molecular complexity index is 352. The quantitative estimate of drug-likeness (QED) is 0.790. The van der Waals surface area contributed by atoms with E-state index >= 15 is 0 Å². The van der Waals surface area contributed by atoms with Crippen LogP contribution in [0.25, 0.3) is 0 Å². The van der Waals surface area contributed by atoms with Crippen molar-refractivity contribution in [1.29, 1.82) is 0 Å². The van der Waals surface area contributed by atoms with Gasteiger partial charge in [-0.1, -0.05) is 0 Å². The fraction of sp³-hybridized carbons (Fsp3) is 0.667. The highest BCUT2D eigenvalue weighted by Gasteiger charge is 2.13. The third kappa shape index (κ3) is 4.37. The molecule has 1 rings (SSSR count). The first-order valence-electron chi connectivity index (χ1n) is 6.18. The number of ether oxygens (including phenoxy) is 1. The maximum absolute atomic E-state index is 5.57. The van der Waals surface area contributed by atoms with Crippen LogP contribution in [-0.2, 0) is 0 Å². The van der Waals surface area contributed by atoms with E-state index in [9.17, 15) is 0 Å². The zero-order chi connectivity index (χ0) is 13.7. The van der Waals surface area contributed by atoms with Crippen molar-refractivity contribution in [2.75, 3.05) is 24.6 Å². The standard InChI is InChI=1S/C12H23N5O/c1-8(2)17(9(3)4)5-6-18-11-7-10(13)15-12(14)16-11/h7-9H,5-6H2,1-4H3,(H4,13,14,15,16). The lowest BCUT2D eigenvalue weighted by molar-refractivity contribution is 0.140. The lowest BCUT2D eigenvalue weighted by Crippen LogP contribution is -2.39. The van der Waals surface area contributed by atoms with Crippen molar-refractivity contribution in [3.8, 4) is 5.88 Å². The molecule has 0 atom stereocenters. The normalized spacial score (nSPS) is 11.5. The van der Waals surface area contributed by atoms with Crippen molar-refractivity contribution in [2.45, 2.75) is 39.8 Å². The predicted octanol–water partition coefficient (Wildman–Crippen LogP) is 1.14. The Labute approximate surface area is 108 Å². The van der Waals surface area contributed by atoms with Crippen molar-refractivity contribution in [1.82, 2.24) is 14.9 Å². The molecule has 1 heterocycles. The van der Waals surface area contributed by atoms with E-state index < -0.39 is 0 Å². The summed E-state index contributed by atoms with van der Waals surface area (Å²) >= 11 is 0. The predicted molar refractivity (Wildman–Crippen MR) is 73.3 cm³/mol. The summed E-state index contributed by atoms with van der Waals surface area (Å²) in [6.45, 7) is 10.0. The van der Waals surface area contributed by atoms with Crippen LogP contribution in [0.5, 0.6) is 5.88 Å². The first-order valence-corrected chi connectivity index (χ1v) is 6.18. The molecule has 0 aliphatic heterocycles. The smallest absolute Gasteiger partial charge is 0.225 e. The summed E-state index contributed by atoms with van der Waals surface area (Å²) < 4.78 is 5.55. The molecule has 0 unspecified atom stereocenters. The number of anilines is 2. The molecule has 0 bridgehead atoms. The lowest BCUT2D eigenvalue weighted by Gasteiger charge is -2.30. The Kier molecular flexibility index (Phi) is 5.15. The molecular weight excluding hydrogens is 230 g/mol. The molecule has 1 aromatic heterocycles. The van der Waals surface area contributed by atoms with Gasteiger partial charge in [-0.15, -0.1) is 0 Å². The summed E-state index contributed by atoms with van der Waals surface area (Å²) in [6, 6.07) is 2.54. The molecule has 0 saturated carbocycles. The maximum atomic E-state index is 5.57. The summed E-state index contributed by atoms with van der Waals surface area (Å²) in [6.07, 6.45) is 0. The van der Waals surface area contributed by atoms with Gasteiger partial charge in [-0.2, -0.15) is 9.97 Å². The minimum atomic E-state index is 0.134. The molecule has 0 saturated heterocycles. The van der Waals surface area contributed by atoms with Crippen molar-refractivity contribution in [2.24, 2.45) is 0 Å². The summed E-state index contributed by atoms with van der Waals surface area (Å²) in [7, 11) is 0. The topological polar surface area (TPSA) is 90.3 Å². The van der Waals surface area contributed by atoms with E-state index in [4.69, 9.17) is 16.2 Å². The van der Waals surface area contributed by atoms with E-state index in [1.54, 1.807) is 6.07 Å². The van der Waals surface area contributed by atoms with E-state index in [0.29, 0.717) is 30.4 Å². The van der Waals surface area contributed by atoms with Crippen LogP contribution < -0.4 is 16.2 Å². The third-order valence-electron chi connectivity index (χ3n) is 2.67. The monoisotopic (exact) mass is 253 g/mol. The third-order valence-corrected chi connectivity index (χ3v) is 2.67. The zero-order valence-electron chi connectivity index (χ0n) is 11.6. The number of hydrogen-bond acceptors (Lipinski definition) is 6. The Balaban J connectivity index is 2.50. The Hall–Kier alpha value is -1.56. The van der Waals surface area contributed by atoms with E-state index in [0.717, 1.165) is 6.54 Å². The molecule has 0 spiro atoms. The molecular formula is C12H23N5O. The number of nitrogen functional groups attached to an aromatic ring is 2. The number of nitrogens with zero attached hydrogens (tertiary/aromatic N) is 3. The molecule has 0 radical (unpaired) electrons. The largest absolute Gasteiger partial charge is 0.476 e. The van der Waals surface area contributed by atoms with E-state index in [-0.39, 0.29) is 5.95 Å². The van der Waals surface area contributed by atoms with Gasteiger partial charge < -0.3 is 16.2 Å². The molecule has 0 aliphatic rings. The fourth-order valence-electron chi connectivity index (χ4n) is 1.90. The summed E-state index contributed by atoms with van der Waals surface area (Å²) in [5.41, 5.74) is 11.1. The van der Waals surface area contributed by atoms with Gasteiger partial charge in [0.15, 0.2) is 0 Å². The van der Waals surface area contributed by atoms with Gasteiger partial charge in [-0.05, 0) is 27.7 Å². The summed E-state index contributed by atoms with van der Waals surface area (Å²) in [4.78, 5) is 10.1. The van der Waals surface area contributed by atoms with Crippen LogP contribution in [0.1, 0.15) is 27.7 Å². The van der Waals surface area contributed by atoms with Gasteiger partial charge in [-0.3, -0.25) is 4.90 Å². The van der Waals surface area contributed by atoms with Crippen LogP contribution in [0, 0.1) is 0 Å². The van der Waals surface area contributed by atoms with Crippen molar-refractivity contribution in [3.63, 3.8) is 0 Å². The first-order chi connectivity index (χ1) is 8.40. The van der Waals surface area contributed by atoms with Crippen molar-refractivity contribution in [3.05, 3.63) is 6.07 Å². The minimum absolute atomic E-state index is 0.134. The minimum Gasteiger partial charge on any atom is -0.476 e. The maximum Gasteiger partial charge on any atom is 0.225 e. The highest BCUT2D eigenvalue weighted by Crippen LogP contribution is 2.12. The molecule has 4 N–H and O–H groups in total. The number of aromatic nitrogens is 2. The highest BCUT2D eigenvalue weighted by atomic mass is 16.5. The molecule has 6 nitrogen and oxygen atoms in total. The average molecular weight is 253 g/mol. The molecule has 0 fully saturated rings. The van der Waals surface area contributed by atoms with Gasteiger partial charge in [-0.25, -0.2) is 0 Å². The second-order valence-corrected chi connectivity index (χ2v) is 4.76. The Morgan fingerprint density at radius 1 is 1.17 bits per heavy atom. The van der Waals surface area contributed by atoms with Crippen LogP contribution in [0.4, 0.5) is 11.8 Å². The molecule has 0 amide bonds. The van der Waals surface area contributed by atoms with Gasteiger partial charge in [0, 0.05) is 24.7 Å². The second-order valence-electron chi connectivity index (χ2n) is 4.76. The van der Waals surface area contributed by atoms with Crippen LogP contribution in [0.2, 0.25) is 0 Å². The van der Waals surface area contributed by atoms with Gasteiger partial charge in [0.1, 0.15) is 12.4 Å². The van der Waals surface area contributed by atoms with Crippen LogP contribution in [0.15, 0.2) is 6.07 Å². The zero-order valence-corrected chi connectivity index (χ0v) is 11.6. The fourth-order valence-corrected chi connectivity index (χ4v) is 1.90. The van der Waals surface area contributed by atoms with E-state index in [1.807, 2.05) is 0 Å². The van der Waals surface area contributed by atoms with E-state index in [2.05, 4.69) is 42.6 Å². The Morgan fingerprint density at radius 2 is 1.78 bits per heavy atom. The number of hydrogen-bond donors (Lipinski definition) is 2. The number of rotatable bonds is 6. The lowest BCUT2D eigenvalue weighted by atomic mass is 10.2. The van der Waals surface area contributed by atoms with Gasteiger partial charge in [0.05, 0.1) is 0 Å². The SMILES string of the molecule is CC(C)N(CCOc1cc(N)nc(N)n1)C(C)C. The highest BCUT2D eigenvalue weighted by molar-refractivity contribution is 5.38. The van der Waals surface area contributed by atoms with E-state index in [1.165, 1.54) is 0 Å². The number of nitrogens with two attached hydrogens (primary N) is 2. The van der Waals surface area contributed by atoms with Crippen molar-refractivity contribution < 1.29 is 4.74 Å². The second kappa shape index (κ2) is 6.39. The summed E-state index contributed by atoms with van der Waals surface area (Å²) in [5, 5.41) is 0. The van der Waals surface area contributed by atoms with Gasteiger partial charge in [0.2, 0.25) is 11.8 Å². The van der Waals surface area contributed by atoms with Crippen LogP contribution in [0.3, 0.4) is 0 Å².